The van der Waals surface area contributed by atoms with E-state index in [9.17, 15) is 13.2 Å². The van der Waals surface area contributed by atoms with Crippen LogP contribution < -0.4 is 11.1 Å². The highest BCUT2D eigenvalue weighted by Gasteiger charge is 2.15. The maximum Gasteiger partial charge on any atom is 0.275 e. The molecule has 0 aliphatic heterocycles. The van der Waals surface area contributed by atoms with E-state index in [4.69, 9.17) is 17.3 Å². The summed E-state index contributed by atoms with van der Waals surface area (Å²) in [6.45, 7) is 0. The minimum Gasteiger partial charge on any atom is -0.396 e. The van der Waals surface area contributed by atoms with Gasteiger partial charge in [0.25, 0.3) is 5.91 Å². The number of halogens is 1. The third-order valence-electron chi connectivity index (χ3n) is 2.51. The number of aromatic amines is 1. The highest BCUT2D eigenvalue weighted by molar-refractivity contribution is 7.90. The molecular formula is C11H11ClN4O3S. The van der Waals surface area contributed by atoms with Gasteiger partial charge in [0.1, 0.15) is 5.69 Å². The van der Waals surface area contributed by atoms with E-state index in [-0.39, 0.29) is 27.0 Å². The second-order valence-electron chi connectivity index (χ2n) is 4.07. The molecule has 0 unspecified atom stereocenters. The molecule has 2 rings (SSSR count). The zero-order valence-electron chi connectivity index (χ0n) is 10.3. The van der Waals surface area contributed by atoms with Crippen LogP contribution in [-0.2, 0) is 9.84 Å². The molecule has 7 nitrogen and oxygen atoms in total. The number of H-pyrrole nitrogens is 1. The first-order valence-corrected chi connectivity index (χ1v) is 7.66. The van der Waals surface area contributed by atoms with Crippen LogP contribution in [0.5, 0.6) is 0 Å². The van der Waals surface area contributed by atoms with Crippen molar-refractivity contribution in [3.63, 3.8) is 0 Å². The standard InChI is InChI=1S/C11H11ClN4O3S/c1-20(18,19)6-2-3-7(12)9(4-6)15-11(17)10-8(13)5-14-16-10/h2-5H,13H2,1H3,(H,14,16)(H,15,17). The van der Waals surface area contributed by atoms with Crippen LogP contribution in [0, 0.1) is 0 Å². The molecule has 106 valence electrons. The van der Waals surface area contributed by atoms with Crippen molar-refractivity contribution in [2.75, 3.05) is 17.3 Å². The molecule has 0 aliphatic carbocycles. The lowest BCUT2D eigenvalue weighted by Crippen LogP contribution is -2.15. The molecule has 1 heterocycles. The first-order valence-electron chi connectivity index (χ1n) is 5.39. The van der Waals surface area contributed by atoms with Crippen LogP contribution in [0.25, 0.3) is 0 Å². The van der Waals surface area contributed by atoms with E-state index in [1.165, 1.54) is 24.4 Å². The van der Waals surface area contributed by atoms with Gasteiger partial charge >= 0.3 is 0 Å². The van der Waals surface area contributed by atoms with Crippen LogP contribution in [0.2, 0.25) is 5.02 Å². The van der Waals surface area contributed by atoms with Gasteiger partial charge in [0, 0.05) is 6.26 Å². The zero-order valence-corrected chi connectivity index (χ0v) is 11.9. The highest BCUT2D eigenvalue weighted by Crippen LogP contribution is 2.26. The van der Waals surface area contributed by atoms with E-state index in [1.807, 2.05) is 0 Å². The quantitative estimate of drug-likeness (QED) is 0.789. The fraction of sp³-hybridized carbons (Fsp3) is 0.0909. The predicted octanol–water partition coefficient (Wildman–Crippen LogP) is 1.30. The van der Waals surface area contributed by atoms with E-state index in [0.717, 1.165) is 6.26 Å². The largest absolute Gasteiger partial charge is 0.396 e. The number of aromatic nitrogens is 2. The number of sulfone groups is 1. The van der Waals surface area contributed by atoms with E-state index in [0.29, 0.717) is 0 Å². The predicted molar refractivity (Wildman–Crippen MR) is 75.5 cm³/mol. The molecule has 0 saturated heterocycles. The van der Waals surface area contributed by atoms with Crippen molar-refractivity contribution in [3.05, 3.63) is 35.1 Å². The number of hydrogen-bond acceptors (Lipinski definition) is 5. The maximum absolute atomic E-state index is 11.9. The van der Waals surface area contributed by atoms with Crippen molar-refractivity contribution in [2.24, 2.45) is 0 Å². The van der Waals surface area contributed by atoms with Gasteiger partial charge in [-0.1, -0.05) is 11.6 Å². The molecular weight excluding hydrogens is 304 g/mol. The lowest BCUT2D eigenvalue weighted by molar-refractivity contribution is 0.102. The summed E-state index contributed by atoms with van der Waals surface area (Å²) in [6.07, 6.45) is 2.36. The number of nitrogen functional groups attached to an aromatic ring is 1. The summed E-state index contributed by atoms with van der Waals surface area (Å²) >= 11 is 5.92. The molecule has 9 heteroatoms. The van der Waals surface area contributed by atoms with Crippen molar-refractivity contribution in [3.8, 4) is 0 Å². The Balaban J connectivity index is 2.34. The topological polar surface area (TPSA) is 118 Å². The lowest BCUT2D eigenvalue weighted by atomic mass is 10.3. The fourth-order valence-corrected chi connectivity index (χ4v) is 2.30. The average Bonchev–Trinajstić information content (AvgIpc) is 2.77. The van der Waals surface area contributed by atoms with Crippen molar-refractivity contribution < 1.29 is 13.2 Å². The van der Waals surface area contributed by atoms with Crippen molar-refractivity contribution in [2.45, 2.75) is 4.90 Å². The Bertz CT molecular complexity index is 770. The van der Waals surface area contributed by atoms with Gasteiger partial charge in [-0.3, -0.25) is 9.89 Å². The van der Waals surface area contributed by atoms with Crippen LogP contribution in [-0.4, -0.2) is 30.8 Å². The van der Waals surface area contributed by atoms with Gasteiger partial charge in [-0.05, 0) is 18.2 Å². The fourth-order valence-electron chi connectivity index (χ4n) is 1.49. The van der Waals surface area contributed by atoms with Gasteiger partial charge in [0.15, 0.2) is 9.84 Å². The Morgan fingerprint density at radius 2 is 2.15 bits per heavy atom. The molecule has 0 aliphatic rings. The number of nitrogens with zero attached hydrogens (tertiary/aromatic N) is 1. The molecule has 0 atom stereocenters. The van der Waals surface area contributed by atoms with Crippen LogP contribution >= 0.6 is 11.6 Å². The molecule has 1 amide bonds. The molecule has 20 heavy (non-hydrogen) atoms. The molecule has 1 aromatic heterocycles. The van der Waals surface area contributed by atoms with Crippen LogP contribution in [0.4, 0.5) is 11.4 Å². The summed E-state index contributed by atoms with van der Waals surface area (Å²) in [4.78, 5) is 12.0. The van der Waals surface area contributed by atoms with E-state index in [1.54, 1.807) is 0 Å². The molecule has 0 bridgehead atoms. The lowest BCUT2D eigenvalue weighted by Gasteiger charge is -2.08. The number of benzene rings is 1. The SMILES string of the molecule is CS(=O)(=O)c1ccc(Cl)c(NC(=O)c2[nH]ncc2N)c1. The monoisotopic (exact) mass is 314 g/mol. The van der Waals surface area contributed by atoms with Crippen LogP contribution in [0.15, 0.2) is 29.3 Å². The first-order chi connectivity index (χ1) is 9.29. The number of nitrogens with one attached hydrogen (secondary N) is 2. The summed E-state index contributed by atoms with van der Waals surface area (Å²) in [5.74, 6) is -0.562. The van der Waals surface area contributed by atoms with E-state index in [2.05, 4.69) is 15.5 Å². The summed E-state index contributed by atoms with van der Waals surface area (Å²) < 4.78 is 22.9. The molecule has 0 fully saturated rings. The van der Waals surface area contributed by atoms with Crippen LogP contribution in [0.1, 0.15) is 10.5 Å². The summed E-state index contributed by atoms with van der Waals surface area (Å²) in [5, 5.41) is 8.76. The van der Waals surface area contributed by atoms with E-state index < -0.39 is 15.7 Å². The number of carbonyl (C=O) groups is 1. The number of nitrogens with two attached hydrogens (primary N) is 1. The van der Waals surface area contributed by atoms with Crippen molar-refractivity contribution in [1.82, 2.24) is 10.2 Å². The van der Waals surface area contributed by atoms with Crippen LogP contribution in [0.3, 0.4) is 0 Å². The summed E-state index contributed by atoms with van der Waals surface area (Å²) in [7, 11) is -3.39. The van der Waals surface area contributed by atoms with Gasteiger partial charge < -0.3 is 11.1 Å². The van der Waals surface area contributed by atoms with Crippen molar-refractivity contribution >= 4 is 38.7 Å². The minimum atomic E-state index is -3.39. The first kappa shape index (κ1) is 14.4. The van der Waals surface area contributed by atoms with E-state index >= 15 is 0 Å². The minimum absolute atomic E-state index is 0.0507. The third kappa shape index (κ3) is 2.91. The van der Waals surface area contributed by atoms with Gasteiger partial charge in [0.2, 0.25) is 0 Å². The Labute approximate surface area is 120 Å². The average molecular weight is 315 g/mol. The van der Waals surface area contributed by atoms with Gasteiger partial charge in [-0.25, -0.2) is 8.42 Å². The van der Waals surface area contributed by atoms with Gasteiger partial charge in [0.05, 0.1) is 27.5 Å². The molecule has 0 spiro atoms. The number of rotatable bonds is 3. The number of anilines is 2. The Kier molecular flexibility index (Phi) is 3.69. The van der Waals surface area contributed by atoms with Crippen molar-refractivity contribution in [1.29, 1.82) is 0 Å². The molecule has 4 N–H and O–H groups in total. The molecule has 0 radical (unpaired) electrons. The molecule has 0 saturated carbocycles. The highest BCUT2D eigenvalue weighted by atomic mass is 35.5. The summed E-state index contributed by atoms with van der Waals surface area (Å²) in [6, 6.07) is 4.03. The molecule has 1 aromatic carbocycles. The smallest absolute Gasteiger partial charge is 0.275 e. The Hall–Kier alpha value is -2.06. The zero-order chi connectivity index (χ0) is 14.9. The summed E-state index contributed by atoms with van der Waals surface area (Å²) in [5.41, 5.74) is 5.98. The number of hydrogen-bond donors (Lipinski definition) is 3. The normalized spacial score (nSPS) is 11.3. The third-order valence-corrected chi connectivity index (χ3v) is 3.95. The number of amides is 1. The van der Waals surface area contributed by atoms with Gasteiger partial charge in [-0.2, -0.15) is 5.10 Å². The molecule has 2 aromatic rings. The second kappa shape index (κ2) is 5.14. The Morgan fingerprint density at radius 1 is 1.45 bits per heavy atom. The van der Waals surface area contributed by atoms with Gasteiger partial charge in [-0.15, -0.1) is 0 Å². The number of carbonyl (C=O) groups excluding carboxylic acids is 1. The Morgan fingerprint density at radius 3 is 2.70 bits per heavy atom. The second-order valence-corrected chi connectivity index (χ2v) is 6.49. The maximum atomic E-state index is 11.9.